The van der Waals surface area contributed by atoms with Gasteiger partial charge in [0.05, 0.1) is 5.52 Å². The quantitative estimate of drug-likeness (QED) is 0.925. The van der Waals surface area contributed by atoms with E-state index in [1.807, 2.05) is 13.8 Å². The highest BCUT2D eigenvalue weighted by atomic mass is 19.1. The Morgan fingerprint density at radius 2 is 2.05 bits per heavy atom. The minimum atomic E-state index is -0.524. The molecule has 1 aromatic carbocycles. The van der Waals surface area contributed by atoms with Gasteiger partial charge in [-0.25, -0.2) is 9.18 Å². The van der Waals surface area contributed by atoms with E-state index in [2.05, 4.69) is 10.4 Å². The number of urea groups is 1. The summed E-state index contributed by atoms with van der Waals surface area (Å²) in [5.41, 5.74) is 1.37. The molecule has 0 bridgehead atoms. The largest absolute Gasteiger partial charge is 0.329 e. The summed E-state index contributed by atoms with van der Waals surface area (Å²) in [5.74, 6) is -0.199. The van der Waals surface area contributed by atoms with Crippen LogP contribution in [0.1, 0.15) is 31.7 Å². The Hall–Kier alpha value is -2.44. The van der Waals surface area contributed by atoms with Crippen molar-refractivity contribution in [3.63, 3.8) is 0 Å². The summed E-state index contributed by atoms with van der Waals surface area (Å²) in [6, 6.07) is 2.65. The van der Waals surface area contributed by atoms with E-state index in [0.717, 1.165) is 5.52 Å². The number of fused-ring (bicyclic) bond motifs is 1. The third-order valence-corrected chi connectivity index (χ3v) is 3.88. The van der Waals surface area contributed by atoms with E-state index in [0.29, 0.717) is 16.8 Å². The molecule has 1 aliphatic heterocycles. The molecule has 0 radical (unpaired) electrons. The van der Waals surface area contributed by atoms with Crippen LogP contribution in [0.25, 0.3) is 10.9 Å². The predicted octanol–water partition coefficient (Wildman–Crippen LogP) is 2.28. The molecule has 1 fully saturated rings. The highest BCUT2D eigenvalue weighted by molar-refractivity contribution is 6.08. The number of rotatable bonds is 2. The second-order valence-corrected chi connectivity index (χ2v) is 5.75. The van der Waals surface area contributed by atoms with Crippen molar-refractivity contribution in [1.82, 2.24) is 15.1 Å². The molecule has 1 aliphatic rings. The lowest BCUT2D eigenvalue weighted by Gasteiger charge is -2.24. The van der Waals surface area contributed by atoms with Crippen LogP contribution in [0.3, 0.4) is 0 Å². The van der Waals surface area contributed by atoms with Crippen molar-refractivity contribution in [3.05, 3.63) is 23.5 Å². The van der Waals surface area contributed by atoms with Crippen LogP contribution >= 0.6 is 0 Å². The Kier molecular flexibility index (Phi) is 3.35. The normalized spacial score (nSPS) is 15.8. The summed E-state index contributed by atoms with van der Waals surface area (Å²) in [5, 5.41) is 7.15. The number of carbonyl (C=O) groups is 2. The molecule has 0 aliphatic carbocycles. The summed E-state index contributed by atoms with van der Waals surface area (Å²) in [6.45, 7) is 4.08. The van der Waals surface area contributed by atoms with Gasteiger partial charge in [-0.3, -0.25) is 19.7 Å². The van der Waals surface area contributed by atoms with Crippen molar-refractivity contribution in [2.75, 3.05) is 11.4 Å². The maximum Gasteiger partial charge on any atom is 0.329 e. The number of aryl methyl sites for hydroxylation is 1. The van der Waals surface area contributed by atoms with Gasteiger partial charge in [0.25, 0.3) is 0 Å². The molecule has 116 valence electrons. The highest BCUT2D eigenvalue weighted by Gasteiger charge is 2.28. The van der Waals surface area contributed by atoms with Gasteiger partial charge in [0.2, 0.25) is 5.91 Å². The molecule has 2 aromatic rings. The minimum absolute atomic E-state index is 0.0543. The van der Waals surface area contributed by atoms with E-state index in [1.165, 1.54) is 11.0 Å². The van der Waals surface area contributed by atoms with E-state index >= 15 is 0 Å². The fourth-order valence-corrected chi connectivity index (χ4v) is 2.68. The average Bonchev–Trinajstić information content (AvgIpc) is 2.74. The van der Waals surface area contributed by atoms with Crippen LogP contribution in [0.4, 0.5) is 15.0 Å². The standard InChI is InChI=1S/C15H17FN4O2/c1-8(2)9-7-12-10(6-11(9)16)14(18-19(12)3)20-5-4-13(21)17-15(20)22/h6-8H,4-5H2,1-3H3,(H,17,21,22). The number of imide groups is 1. The highest BCUT2D eigenvalue weighted by Crippen LogP contribution is 2.31. The molecule has 0 atom stereocenters. The first-order chi connectivity index (χ1) is 10.4. The zero-order valence-electron chi connectivity index (χ0n) is 12.7. The number of benzene rings is 1. The maximum absolute atomic E-state index is 14.3. The first-order valence-corrected chi connectivity index (χ1v) is 7.16. The summed E-state index contributed by atoms with van der Waals surface area (Å²) in [4.78, 5) is 24.6. The molecule has 7 heteroatoms. The number of hydrogen-bond donors (Lipinski definition) is 1. The Morgan fingerprint density at radius 3 is 2.68 bits per heavy atom. The van der Waals surface area contributed by atoms with Crippen LogP contribution in [-0.4, -0.2) is 28.3 Å². The molecule has 1 saturated heterocycles. The van der Waals surface area contributed by atoms with E-state index in [1.54, 1.807) is 17.8 Å². The van der Waals surface area contributed by atoms with Gasteiger partial charge < -0.3 is 0 Å². The van der Waals surface area contributed by atoms with Crippen LogP contribution in [0.15, 0.2) is 12.1 Å². The molecule has 1 aromatic heterocycles. The molecule has 3 rings (SSSR count). The van der Waals surface area contributed by atoms with Crippen molar-refractivity contribution in [3.8, 4) is 0 Å². The number of anilines is 1. The predicted molar refractivity (Wildman–Crippen MR) is 80.3 cm³/mol. The second kappa shape index (κ2) is 5.08. The van der Waals surface area contributed by atoms with Crippen molar-refractivity contribution >= 4 is 28.7 Å². The molecule has 0 spiro atoms. The zero-order chi connectivity index (χ0) is 16.0. The molecular formula is C15H17FN4O2. The number of aromatic nitrogens is 2. The summed E-state index contributed by atoms with van der Waals surface area (Å²) in [6.07, 6.45) is 0.205. The first kappa shape index (κ1) is 14.5. The van der Waals surface area contributed by atoms with Crippen LogP contribution in [-0.2, 0) is 11.8 Å². The molecule has 0 saturated carbocycles. The van der Waals surface area contributed by atoms with Crippen LogP contribution < -0.4 is 10.2 Å². The molecule has 6 nitrogen and oxygen atoms in total. The third kappa shape index (κ3) is 2.22. The lowest BCUT2D eigenvalue weighted by molar-refractivity contribution is -0.120. The van der Waals surface area contributed by atoms with Gasteiger partial charge in [0.15, 0.2) is 5.82 Å². The van der Waals surface area contributed by atoms with Gasteiger partial charge in [0.1, 0.15) is 5.82 Å². The van der Waals surface area contributed by atoms with Gasteiger partial charge >= 0.3 is 6.03 Å². The number of amides is 3. The Bertz CT molecular complexity index is 781. The Labute approximate surface area is 126 Å². The van der Waals surface area contributed by atoms with E-state index in [-0.39, 0.29) is 30.6 Å². The molecular weight excluding hydrogens is 287 g/mol. The van der Waals surface area contributed by atoms with Crippen LogP contribution in [0, 0.1) is 5.82 Å². The Morgan fingerprint density at radius 1 is 1.32 bits per heavy atom. The molecule has 22 heavy (non-hydrogen) atoms. The van der Waals surface area contributed by atoms with Gasteiger partial charge in [-0.15, -0.1) is 0 Å². The average molecular weight is 304 g/mol. The Balaban J connectivity index is 2.14. The van der Waals surface area contributed by atoms with Gasteiger partial charge in [0, 0.05) is 25.4 Å². The van der Waals surface area contributed by atoms with E-state index in [4.69, 9.17) is 0 Å². The van der Waals surface area contributed by atoms with E-state index in [9.17, 15) is 14.0 Å². The van der Waals surface area contributed by atoms with Gasteiger partial charge in [-0.2, -0.15) is 5.10 Å². The topological polar surface area (TPSA) is 67.2 Å². The lowest BCUT2D eigenvalue weighted by Crippen LogP contribution is -2.49. The second-order valence-electron chi connectivity index (χ2n) is 5.75. The number of carbonyl (C=O) groups excluding carboxylic acids is 2. The lowest BCUT2D eigenvalue weighted by atomic mass is 10.0. The summed E-state index contributed by atoms with van der Waals surface area (Å²) >= 11 is 0. The maximum atomic E-state index is 14.3. The fourth-order valence-electron chi connectivity index (χ4n) is 2.68. The summed E-state index contributed by atoms with van der Waals surface area (Å²) < 4.78 is 15.9. The molecule has 1 N–H and O–H groups in total. The van der Waals surface area contributed by atoms with Crippen molar-refractivity contribution in [2.24, 2.45) is 7.05 Å². The fraction of sp³-hybridized carbons (Fsp3) is 0.400. The smallest absolute Gasteiger partial charge is 0.278 e. The van der Waals surface area contributed by atoms with Crippen molar-refractivity contribution in [2.45, 2.75) is 26.2 Å². The third-order valence-electron chi connectivity index (χ3n) is 3.88. The first-order valence-electron chi connectivity index (χ1n) is 7.16. The zero-order valence-corrected chi connectivity index (χ0v) is 12.7. The number of nitrogens with zero attached hydrogens (tertiary/aromatic N) is 3. The van der Waals surface area contributed by atoms with Gasteiger partial charge in [-0.1, -0.05) is 13.8 Å². The molecule has 3 amide bonds. The van der Waals surface area contributed by atoms with Gasteiger partial charge in [-0.05, 0) is 23.6 Å². The minimum Gasteiger partial charge on any atom is -0.278 e. The van der Waals surface area contributed by atoms with Crippen molar-refractivity contribution in [1.29, 1.82) is 0 Å². The molecule has 2 heterocycles. The SMILES string of the molecule is CC(C)c1cc2c(cc1F)c(N1CCC(=O)NC1=O)nn2C. The molecule has 0 unspecified atom stereocenters. The monoisotopic (exact) mass is 304 g/mol. The number of nitrogens with one attached hydrogen (secondary N) is 1. The van der Waals surface area contributed by atoms with E-state index < -0.39 is 6.03 Å². The number of halogens is 1. The van der Waals surface area contributed by atoms with Crippen molar-refractivity contribution < 1.29 is 14.0 Å². The summed E-state index contributed by atoms with van der Waals surface area (Å²) in [7, 11) is 1.75. The number of hydrogen-bond acceptors (Lipinski definition) is 3. The van der Waals surface area contributed by atoms with Crippen LogP contribution in [0.5, 0.6) is 0 Å². The van der Waals surface area contributed by atoms with Crippen LogP contribution in [0.2, 0.25) is 0 Å².